The van der Waals surface area contributed by atoms with Crippen molar-refractivity contribution in [2.24, 2.45) is 0 Å². The second-order valence-electron chi connectivity index (χ2n) is 7.21. The Morgan fingerprint density at radius 2 is 1.15 bits per heavy atom. The Kier molecular flexibility index (Phi) is 6.69. The molecule has 2 aromatic rings. The molecular weight excluding hydrogens is 582 g/mol. The van der Waals surface area contributed by atoms with Gasteiger partial charge >= 0.3 is 22.6 Å². The predicted octanol–water partition coefficient (Wildman–Crippen LogP) is 6.18. The van der Waals surface area contributed by atoms with E-state index in [9.17, 15) is 60.7 Å². The molecule has 0 fully saturated rings. The van der Waals surface area contributed by atoms with E-state index in [0.717, 1.165) is 18.2 Å². The Hall–Kier alpha value is -4.86. The van der Waals surface area contributed by atoms with E-state index in [1.54, 1.807) is 0 Å². The monoisotopic (exact) mass is 585 g/mol. The van der Waals surface area contributed by atoms with Crippen LogP contribution in [0.4, 0.5) is 50.2 Å². The standard InChI is InChI=1S/C21H3F12N5S/c22-18-12(11(5-35)6-36)1-10(4-34)17(19(18)39(29,30,31,32)33)13(7-37)9-2-15(20(23,24)25)14(8-38)16(3-9)21(26,27)28/h1-3H/b17-13-. The zero-order valence-electron chi connectivity index (χ0n) is 17.9. The van der Waals surface area contributed by atoms with Gasteiger partial charge in [0.25, 0.3) is 0 Å². The van der Waals surface area contributed by atoms with Crippen LogP contribution in [0.2, 0.25) is 0 Å². The van der Waals surface area contributed by atoms with Gasteiger partial charge in [0.1, 0.15) is 29.8 Å². The van der Waals surface area contributed by atoms with Crippen LogP contribution in [0.25, 0.3) is 11.1 Å². The first kappa shape index (κ1) is 30.4. The molecule has 0 unspecified atom stereocenters. The Labute approximate surface area is 208 Å². The molecule has 0 aliphatic carbocycles. The van der Waals surface area contributed by atoms with Crippen LogP contribution >= 0.6 is 10.2 Å². The van der Waals surface area contributed by atoms with E-state index in [2.05, 4.69) is 0 Å². The minimum Gasteiger partial charge on any atom is -0.205 e. The van der Waals surface area contributed by atoms with Crippen molar-refractivity contribution < 1.29 is 50.2 Å². The molecule has 0 atom stereocenters. The molecule has 0 spiro atoms. The van der Waals surface area contributed by atoms with Gasteiger partial charge in [-0.25, -0.2) is 4.39 Å². The molecular formula is C21H3F12N5S. The van der Waals surface area contributed by atoms with Crippen molar-refractivity contribution >= 4 is 21.4 Å². The third-order valence-corrected chi connectivity index (χ3v) is 5.89. The average Bonchev–Trinajstić information content (AvgIpc) is 2.77. The normalized spacial score (nSPS) is 14.3. The van der Waals surface area contributed by atoms with Crippen LogP contribution in [0.15, 0.2) is 23.1 Å². The summed E-state index contributed by atoms with van der Waals surface area (Å²) in [4.78, 5) is -3.74. The summed E-state index contributed by atoms with van der Waals surface area (Å²) in [7, 11) is -11.5. The van der Waals surface area contributed by atoms with Crippen LogP contribution < -0.4 is 10.4 Å². The summed E-state index contributed by atoms with van der Waals surface area (Å²) in [6, 6.07) is 2.89. The van der Waals surface area contributed by atoms with Gasteiger partial charge < -0.3 is 0 Å². The van der Waals surface area contributed by atoms with Crippen molar-refractivity contribution in [3.05, 3.63) is 62.3 Å². The topological polar surface area (TPSA) is 119 Å². The number of alkyl halides is 6. The Bertz CT molecular complexity index is 1720. The first-order valence-corrected chi connectivity index (χ1v) is 11.1. The van der Waals surface area contributed by atoms with Crippen LogP contribution in [-0.2, 0) is 12.4 Å². The van der Waals surface area contributed by atoms with E-state index < -0.39 is 94.8 Å². The third kappa shape index (κ3) is 5.69. The third-order valence-electron chi connectivity index (χ3n) is 4.73. The van der Waals surface area contributed by atoms with Gasteiger partial charge in [-0.1, -0.05) is 19.4 Å². The number of rotatable bonds is 2. The van der Waals surface area contributed by atoms with Crippen molar-refractivity contribution in [1.82, 2.24) is 0 Å². The number of nitriles is 5. The highest BCUT2D eigenvalue weighted by Gasteiger charge is 2.68. The molecule has 0 radical (unpaired) electrons. The molecule has 0 aliphatic heterocycles. The molecule has 39 heavy (non-hydrogen) atoms. The number of hydrogen-bond acceptors (Lipinski definition) is 5. The number of halogens is 12. The number of nitrogens with zero attached hydrogens (tertiary/aromatic N) is 5. The van der Waals surface area contributed by atoms with Gasteiger partial charge in [0.15, 0.2) is 10.7 Å². The van der Waals surface area contributed by atoms with Crippen molar-refractivity contribution in [3.63, 3.8) is 0 Å². The van der Waals surface area contributed by atoms with Gasteiger partial charge in [0.2, 0.25) is 0 Å². The van der Waals surface area contributed by atoms with E-state index >= 15 is 0 Å². The Morgan fingerprint density at radius 1 is 0.692 bits per heavy atom. The Balaban J connectivity index is 3.59. The summed E-state index contributed by atoms with van der Waals surface area (Å²) in [5.41, 5.74) is -14.2. The fourth-order valence-corrected chi connectivity index (χ4v) is 4.33. The molecule has 0 aromatic heterocycles. The lowest BCUT2D eigenvalue weighted by molar-refractivity contribution is -0.143. The molecule has 5 nitrogen and oxygen atoms in total. The van der Waals surface area contributed by atoms with E-state index in [-0.39, 0.29) is 6.07 Å². The summed E-state index contributed by atoms with van der Waals surface area (Å²) in [6.07, 6.45) is -11.6. The SMILES string of the molecule is N#CC(C#N)=c1cc(C#N)/c(=C(\C#N)c2cc(C(F)(F)F)c(C#N)c(C(F)(F)F)c2)c(S(F)(F)(F)(F)F)c1F. The molecule has 18 heteroatoms. The highest BCUT2D eigenvalue weighted by molar-refractivity contribution is 8.45. The van der Waals surface area contributed by atoms with Crippen LogP contribution in [0.5, 0.6) is 0 Å². The highest BCUT2D eigenvalue weighted by Crippen LogP contribution is 3.01. The van der Waals surface area contributed by atoms with Crippen LogP contribution in [0.1, 0.15) is 27.8 Å². The highest BCUT2D eigenvalue weighted by atomic mass is 32.5. The fraction of sp³-hybridized carbons (Fsp3) is 0.0952. The van der Waals surface area contributed by atoms with Gasteiger partial charge in [0.05, 0.1) is 33.9 Å². The number of benzene rings is 2. The molecule has 202 valence electrons. The van der Waals surface area contributed by atoms with Crippen LogP contribution in [0.3, 0.4) is 0 Å². The van der Waals surface area contributed by atoms with Gasteiger partial charge in [-0.15, -0.1) is 0 Å². The quantitative estimate of drug-likeness (QED) is 0.390. The summed E-state index contributed by atoms with van der Waals surface area (Å²) in [5, 5.41) is 41.0. The minimum atomic E-state index is -11.5. The van der Waals surface area contributed by atoms with Crippen molar-refractivity contribution in [1.29, 1.82) is 26.3 Å². The van der Waals surface area contributed by atoms with Crippen molar-refractivity contribution in [2.75, 3.05) is 0 Å². The van der Waals surface area contributed by atoms with E-state index in [1.807, 2.05) is 0 Å². The molecule has 0 N–H and O–H groups in total. The lowest BCUT2D eigenvalue weighted by Gasteiger charge is -2.41. The van der Waals surface area contributed by atoms with E-state index in [1.165, 1.54) is 0 Å². The van der Waals surface area contributed by atoms with Crippen LogP contribution in [0, 0.1) is 62.5 Å². The molecule has 0 amide bonds. The Morgan fingerprint density at radius 3 is 1.46 bits per heavy atom. The largest absolute Gasteiger partial charge is 0.417 e. The summed E-state index contributed by atoms with van der Waals surface area (Å²) in [5.74, 6) is -3.10. The molecule has 2 aromatic carbocycles. The first-order chi connectivity index (χ1) is 17.5. The van der Waals surface area contributed by atoms with Crippen molar-refractivity contribution in [2.45, 2.75) is 17.2 Å². The fourth-order valence-electron chi connectivity index (χ4n) is 3.28. The molecule has 2 rings (SSSR count). The molecule has 0 bridgehead atoms. The molecule has 0 aliphatic rings. The first-order valence-electron chi connectivity index (χ1n) is 9.15. The summed E-state index contributed by atoms with van der Waals surface area (Å²) < 4.78 is 166. The maximum atomic E-state index is 15.0. The van der Waals surface area contributed by atoms with Gasteiger partial charge in [-0.3, -0.25) is 0 Å². The van der Waals surface area contributed by atoms with Crippen LogP contribution in [-0.4, -0.2) is 0 Å². The summed E-state index contributed by atoms with van der Waals surface area (Å²) >= 11 is 0. The zero-order valence-corrected chi connectivity index (χ0v) is 18.7. The molecule has 0 saturated heterocycles. The smallest absolute Gasteiger partial charge is 0.205 e. The predicted molar refractivity (Wildman–Crippen MR) is 106 cm³/mol. The number of hydrogen-bond donors (Lipinski definition) is 0. The molecule has 0 saturated carbocycles. The summed E-state index contributed by atoms with van der Waals surface area (Å²) in [6.45, 7) is 0. The van der Waals surface area contributed by atoms with Gasteiger partial charge in [-0.05, 0) is 23.8 Å². The maximum absolute atomic E-state index is 15.0. The molecule has 0 heterocycles. The van der Waals surface area contributed by atoms with Gasteiger partial charge in [0, 0.05) is 10.4 Å². The lowest BCUT2D eigenvalue weighted by Crippen LogP contribution is -2.31. The zero-order chi connectivity index (χ0) is 30.4. The van der Waals surface area contributed by atoms with E-state index in [0.29, 0.717) is 12.1 Å². The lowest BCUT2D eigenvalue weighted by atomic mass is 9.92. The van der Waals surface area contributed by atoms with Gasteiger partial charge in [-0.2, -0.15) is 52.7 Å². The average molecular weight is 585 g/mol. The minimum absolute atomic E-state index is 0.0875. The second kappa shape index (κ2) is 8.59. The van der Waals surface area contributed by atoms with E-state index in [4.69, 9.17) is 15.8 Å². The maximum Gasteiger partial charge on any atom is 0.417 e. The second-order valence-corrected chi connectivity index (χ2v) is 9.56. The van der Waals surface area contributed by atoms with Crippen molar-refractivity contribution in [3.8, 4) is 30.3 Å².